The smallest absolute Gasteiger partial charge is 0.493 e. The summed E-state index contributed by atoms with van der Waals surface area (Å²) >= 11 is 1.21. The highest BCUT2D eigenvalue weighted by molar-refractivity contribution is 7.07. The summed E-state index contributed by atoms with van der Waals surface area (Å²) in [4.78, 5) is 28.8. The van der Waals surface area contributed by atoms with Crippen molar-refractivity contribution in [3.8, 4) is 28.5 Å². The first-order valence-electron chi connectivity index (χ1n) is 10.7. The molecule has 0 aliphatic rings. The number of benzene rings is 2. The summed E-state index contributed by atoms with van der Waals surface area (Å²) < 4.78 is 53.7. The van der Waals surface area contributed by atoms with Crippen molar-refractivity contribution in [1.29, 1.82) is 0 Å². The van der Waals surface area contributed by atoms with Gasteiger partial charge in [-0.1, -0.05) is 0 Å². The van der Waals surface area contributed by atoms with Crippen LogP contribution in [0, 0.1) is 0 Å². The second-order valence-electron chi connectivity index (χ2n) is 7.45. The number of thiazole rings is 1. The number of alkyl halides is 3. The fraction of sp³-hybridized carbons (Fsp3) is 0.292. The van der Waals surface area contributed by atoms with Crippen LogP contribution in [0.2, 0.25) is 0 Å². The predicted octanol–water partition coefficient (Wildman–Crippen LogP) is 4.40. The highest BCUT2D eigenvalue weighted by Crippen LogP contribution is 2.29. The van der Waals surface area contributed by atoms with Crippen LogP contribution in [0.3, 0.4) is 0 Å². The molecule has 0 saturated heterocycles. The van der Waals surface area contributed by atoms with Crippen LogP contribution in [-0.2, 0) is 11.3 Å². The zero-order valence-corrected chi connectivity index (χ0v) is 20.5. The Morgan fingerprint density at radius 1 is 1.06 bits per heavy atom. The van der Waals surface area contributed by atoms with Crippen LogP contribution in [0.4, 0.5) is 13.2 Å². The molecule has 0 unspecified atom stereocenters. The first-order chi connectivity index (χ1) is 17.1. The second kappa shape index (κ2) is 11.8. The Balaban J connectivity index is 1.96. The minimum atomic E-state index is -4.79. The quantitative estimate of drug-likeness (QED) is 0.420. The molecule has 0 radical (unpaired) electrons. The molecule has 36 heavy (non-hydrogen) atoms. The predicted molar refractivity (Wildman–Crippen MR) is 127 cm³/mol. The van der Waals surface area contributed by atoms with Crippen LogP contribution < -0.4 is 24.3 Å². The Kier molecular flexibility index (Phi) is 8.75. The number of carbonyl (C=O) groups is 2. The van der Waals surface area contributed by atoms with Gasteiger partial charge < -0.3 is 24.1 Å². The molecule has 0 bridgehead atoms. The minimum absolute atomic E-state index is 0.167. The molecule has 192 valence electrons. The normalized spacial score (nSPS) is 11.8. The molecule has 0 saturated carbocycles. The number of amides is 2. The van der Waals surface area contributed by atoms with Gasteiger partial charge in [0.2, 0.25) is 5.91 Å². The maximum absolute atomic E-state index is 12.9. The van der Waals surface area contributed by atoms with Gasteiger partial charge in [-0.3, -0.25) is 9.59 Å². The molecule has 0 aliphatic carbocycles. The fourth-order valence-corrected chi connectivity index (χ4v) is 4.25. The van der Waals surface area contributed by atoms with Gasteiger partial charge in [-0.15, -0.1) is 24.5 Å². The van der Waals surface area contributed by atoms with Crippen molar-refractivity contribution >= 4 is 23.2 Å². The first-order valence-corrected chi connectivity index (χ1v) is 11.6. The van der Waals surface area contributed by atoms with Gasteiger partial charge in [0.05, 0.1) is 19.9 Å². The lowest BCUT2D eigenvalue weighted by Gasteiger charge is -2.11. The number of ether oxygens (including phenoxy) is 3. The largest absolute Gasteiger partial charge is 0.573 e. The maximum atomic E-state index is 12.9. The molecule has 1 aromatic heterocycles. The molecule has 0 spiro atoms. The van der Waals surface area contributed by atoms with Crippen molar-refractivity contribution in [2.45, 2.75) is 26.3 Å². The van der Waals surface area contributed by atoms with E-state index in [-0.39, 0.29) is 11.7 Å². The molecule has 8 nitrogen and oxygen atoms in total. The van der Waals surface area contributed by atoms with Crippen molar-refractivity contribution in [2.75, 3.05) is 20.8 Å². The third-order valence-corrected chi connectivity index (χ3v) is 5.81. The minimum Gasteiger partial charge on any atom is -0.493 e. The fourth-order valence-electron chi connectivity index (χ4n) is 3.32. The van der Waals surface area contributed by atoms with Gasteiger partial charge in [0.15, 0.2) is 16.3 Å². The molecule has 1 heterocycles. The SMILES string of the molecule is COc1ccc(C(=O)N=c2scc(-c3ccc(OC(F)(F)F)cc3)n2CCCNC(C)=O)cc1OC. The molecular formula is C24H24F3N3O5S. The van der Waals surface area contributed by atoms with Crippen LogP contribution in [0.5, 0.6) is 17.2 Å². The van der Waals surface area contributed by atoms with E-state index in [1.807, 2.05) is 0 Å². The van der Waals surface area contributed by atoms with Gasteiger partial charge in [-0.2, -0.15) is 4.99 Å². The van der Waals surface area contributed by atoms with Crippen molar-refractivity contribution in [2.24, 2.45) is 4.99 Å². The molecule has 0 atom stereocenters. The van der Waals surface area contributed by atoms with Gasteiger partial charge in [-0.25, -0.2) is 0 Å². The average molecular weight is 524 g/mol. The summed E-state index contributed by atoms with van der Waals surface area (Å²) in [5, 5.41) is 4.47. The van der Waals surface area contributed by atoms with E-state index in [9.17, 15) is 22.8 Å². The second-order valence-corrected chi connectivity index (χ2v) is 8.29. The Bertz CT molecular complexity index is 1280. The molecule has 2 amide bonds. The van der Waals surface area contributed by atoms with E-state index in [1.165, 1.54) is 62.8 Å². The number of hydrogen-bond donors (Lipinski definition) is 1. The molecule has 1 N–H and O–H groups in total. The third-order valence-electron chi connectivity index (χ3n) is 4.94. The number of rotatable bonds is 9. The molecule has 0 aliphatic heterocycles. The number of aromatic nitrogens is 1. The van der Waals surface area contributed by atoms with Crippen molar-refractivity contribution in [1.82, 2.24) is 9.88 Å². The molecular weight excluding hydrogens is 499 g/mol. The van der Waals surface area contributed by atoms with Gasteiger partial charge in [0.1, 0.15) is 5.75 Å². The Morgan fingerprint density at radius 2 is 1.75 bits per heavy atom. The molecule has 2 aromatic carbocycles. The topological polar surface area (TPSA) is 91.1 Å². The van der Waals surface area contributed by atoms with Gasteiger partial charge in [-0.05, 0) is 54.4 Å². The van der Waals surface area contributed by atoms with Crippen molar-refractivity contribution in [3.63, 3.8) is 0 Å². The van der Waals surface area contributed by atoms with Gasteiger partial charge in [0, 0.05) is 31.0 Å². The van der Waals surface area contributed by atoms with Gasteiger partial charge in [0.25, 0.3) is 5.91 Å². The Hall–Kier alpha value is -3.80. The lowest BCUT2D eigenvalue weighted by molar-refractivity contribution is -0.274. The van der Waals surface area contributed by atoms with E-state index in [2.05, 4.69) is 15.0 Å². The highest BCUT2D eigenvalue weighted by atomic mass is 32.1. The summed E-state index contributed by atoms with van der Waals surface area (Å²) in [6.45, 7) is 2.22. The van der Waals surface area contributed by atoms with Crippen molar-refractivity contribution in [3.05, 3.63) is 58.2 Å². The van der Waals surface area contributed by atoms with Gasteiger partial charge >= 0.3 is 6.36 Å². The number of halogens is 3. The van der Waals surface area contributed by atoms with Crippen molar-refractivity contribution < 1.29 is 37.0 Å². The van der Waals surface area contributed by atoms with E-state index in [4.69, 9.17) is 9.47 Å². The lowest BCUT2D eigenvalue weighted by atomic mass is 10.1. The number of carbonyl (C=O) groups excluding carboxylic acids is 2. The summed E-state index contributed by atoms with van der Waals surface area (Å²) in [6, 6.07) is 10.1. The summed E-state index contributed by atoms with van der Waals surface area (Å²) in [6.07, 6.45) is -4.25. The van der Waals surface area contributed by atoms with E-state index >= 15 is 0 Å². The Labute approximate surface area is 209 Å². The Morgan fingerprint density at radius 3 is 2.36 bits per heavy atom. The van der Waals surface area contributed by atoms with Crippen LogP contribution in [0.25, 0.3) is 11.3 Å². The molecule has 12 heteroatoms. The van der Waals surface area contributed by atoms with Crippen LogP contribution in [0.1, 0.15) is 23.7 Å². The zero-order chi connectivity index (χ0) is 26.3. The molecule has 0 fully saturated rings. The standard InChI is InChI=1S/C24H24F3N3O5S/c1-15(31)28-11-4-12-30-19(16-5-8-18(9-6-16)35-24(25,26)27)14-36-23(30)29-22(32)17-7-10-20(33-2)21(13-17)34-3/h5-10,13-14H,4,11-12H2,1-3H3,(H,28,31). The first kappa shape index (κ1) is 26.8. The number of methoxy groups -OCH3 is 2. The lowest BCUT2D eigenvalue weighted by Crippen LogP contribution is -2.24. The van der Waals surface area contributed by atoms with E-state index in [0.29, 0.717) is 52.6 Å². The number of nitrogens with one attached hydrogen (secondary N) is 1. The maximum Gasteiger partial charge on any atom is 0.573 e. The molecule has 3 rings (SSSR count). The monoisotopic (exact) mass is 523 g/mol. The van der Waals surface area contributed by atoms with Crippen LogP contribution in [-0.4, -0.2) is 43.5 Å². The molecule has 3 aromatic rings. The summed E-state index contributed by atoms with van der Waals surface area (Å²) in [7, 11) is 2.95. The number of hydrogen-bond acceptors (Lipinski definition) is 6. The van der Waals surface area contributed by atoms with E-state index < -0.39 is 12.3 Å². The third kappa shape index (κ3) is 7.11. The summed E-state index contributed by atoms with van der Waals surface area (Å²) in [5.74, 6) is -0.159. The average Bonchev–Trinajstić information content (AvgIpc) is 3.22. The highest BCUT2D eigenvalue weighted by Gasteiger charge is 2.31. The van der Waals surface area contributed by atoms with Crippen LogP contribution in [0.15, 0.2) is 52.8 Å². The van der Waals surface area contributed by atoms with E-state index in [1.54, 1.807) is 22.1 Å². The number of nitrogens with zero attached hydrogens (tertiary/aromatic N) is 2. The van der Waals surface area contributed by atoms with Crippen LogP contribution >= 0.6 is 11.3 Å². The summed E-state index contributed by atoms with van der Waals surface area (Å²) in [5.41, 5.74) is 1.56. The zero-order valence-electron chi connectivity index (χ0n) is 19.7. The van der Waals surface area contributed by atoms with E-state index in [0.717, 1.165) is 0 Å².